The number of rotatable bonds is 4. The fourth-order valence-corrected chi connectivity index (χ4v) is 11.4. The zero-order valence-corrected chi connectivity index (χ0v) is 27.1. The van der Waals surface area contributed by atoms with Gasteiger partial charge in [-0.2, -0.15) is 0 Å². The van der Waals surface area contributed by atoms with E-state index in [2.05, 4.69) is 47.6 Å². The highest BCUT2D eigenvalue weighted by Crippen LogP contribution is 2.76. The van der Waals surface area contributed by atoms with Crippen molar-refractivity contribution in [2.75, 3.05) is 13.7 Å². The van der Waals surface area contributed by atoms with Crippen LogP contribution in [-0.2, 0) is 28.6 Å². The average Bonchev–Trinajstić information content (AvgIpc) is 2.88. The van der Waals surface area contributed by atoms with E-state index in [-0.39, 0.29) is 62.9 Å². The van der Waals surface area contributed by atoms with Gasteiger partial charge in [0, 0.05) is 24.7 Å². The third-order valence-electron chi connectivity index (χ3n) is 13.7. The molecule has 5 aliphatic carbocycles. The topological polar surface area (TPSA) is 78.9 Å². The normalized spacial score (nSPS) is 44.1. The molecule has 0 radical (unpaired) electrons. The molecule has 41 heavy (non-hydrogen) atoms. The summed E-state index contributed by atoms with van der Waals surface area (Å²) in [6, 6.07) is 0. The Morgan fingerprint density at radius 1 is 0.854 bits per heavy atom. The second-order valence-corrected chi connectivity index (χ2v) is 16.3. The third-order valence-corrected chi connectivity index (χ3v) is 13.7. The Hall–Kier alpha value is -1.85. The van der Waals surface area contributed by atoms with Crippen molar-refractivity contribution < 1.29 is 28.6 Å². The molecular formula is C35H54O6. The molecule has 4 fully saturated rings. The van der Waals surface area contributed by atoms with Crippen LogP contribution < -0.4 is 0 Å². The van der Waals surface area contributed by atoms with E-state index in [0.717, 1.165) is 64.2 Å². The largest absolute Gasteiger partial charge is 0.469 e. The van der Waals surface area contributed by atoms with Crippen LogP contribution in [0.4, 0.5) is 0 Å². The smallest absolute Gasteiger partial charge is 0.312 e. The molecule has 0 aliphatic heterocycles. The van der Waals surface area contributed by atoms with E-state index < -0.39 is 5.41 Å². The van der Waals surface area contributed by atoms with Gasteiger partial charge in [-0.15, -0.1) is 0 Å². The highest BCUT2D eigenvalue weighted by atomic mass is 16.5. The van der Waals surface area contributed by atoms with Crippen molar-refractivity contribution in [1.82, 2.24) is 0 Å². The molecule has 0 N–H and O–H groups in total. The SMILES string of the molecule is COC(=O)[C@]12CCC(C)(C)C[C@H]1C1=CC[C@@H]3[C@@]4(COC(C)=O)CC[C@@H](OC(C)=O)C(C)(C)C4CC[C@@]3(C)[C@]1(C)CC2. The first-order valence-corrected chi connectivity index (χ1v) is 16.1. The van der Waals surface area contributed by atoms with Crippen LogP contribution in [0.1, 0.15) is 120 Å². The highest BCUT2D eigenvalue weighted by molar-refractivity contribution is 5.78. The van der Waals surface area contributed by atoms with Crippen LogP contribution >= 0.6 is 0 Å². The summed E-state index contributed by atoms with van der Waals surface area (Å²) in [7, 11) is 1.56. The predicted octanol–water partition coefficient (Wildman–Crippen LogP) is 7.44. The standard InChI is InChI=1S/C35H54O6/c1-22(36)40-21-35-15-13-28(41-23(2)37)31(5,6)26(35)12-14-33(8)27(35)11-10-24-25-20-30(3,4)16-18-34(25,29(38)39-9)19-17-32(24,33)7/h10,25-28H,11-21H2,1-9H3/t25-,26?,27-,28+,32+,33+,34-,35+/m0/s1. The van der Waals surface area contributed by atoms with Crippen LogP contribution in [0.15, 0.2) is 11.6 Å². The molecule has 0 aromatic rings. The van der Waals surface area contributed by atoms with E-state index >= 15 is 0 Å². The molecule has 1 unspecified atom stereocenters. The molecule has 0 saturated heterocycles. The molecule has 4 saturated carbocycles. The molecule has 230 valence electrons. The van der Waals surface area contributed by atoms with Crippen LogP contribution in [0.2, 0.25) is 0 Å². The van der Waals surface area contributed by atoms with Gasteiger partial charge in [0.15, 0.2) is 0 Å². The van der Waals surface area contributed by atoms with Crippen molar-refractivity contribution in [3.05, 3.63) is 11.6 Å². The molecule has 8 atom stereocenters. The second-order valence-electron chi connectivity index (χ2n) is 16.3. The van der Waals surface area contributed by atoms with Crippen LogP contribution in [0.3, 0.4) is 0 Å². The zero-order valence-electron chi connectivity index (χ0n) is 27.1. The van der Waals surface area contributed by atoms with Crippen LogP contribution in [0.25, 0.3) is 0 Å². The number of ether oxygens (including phenoxy) is 3. The summed E-state index contributed by atoms with van der Waals surface area (Å²) in [6.07, 6.45) is 11.9. The lowest BCUT2D eigenvalue weighted by Gasteiger charge is -2.71. The van der Waals surface area contributed by atoms with Gasteiger partial charge in [0.1, 0.15) is 6.10 Å². The molecule has 0 heterocycles. The van der Waals surface area contributed by atoms with Crippen molar-refractivity contribution in [2.45, 2.75) is 126 Å². The Balaban J connectivity index is 1.61. The molecule has 0 aromatic heterocycles. The number of carbonyl (C=O) groups excluding carboxylic acids is 3. The average molecular weight is 571 g/mol. The number of methoxy groups -OCH3 is 1. The van der Waals surface area contributed by atoms with E-state index in [4.69, 9.17) is 14.2 Å². The first kappa shape index (κ1) is 30.6. The predicted molar refractivity (Wildman–Crippen MR) is 158 cm³/mol. The maximum absolute atomic E-state index is 13.5. The molecule has 0 amide bonds. The highest BCUT2D eigenvalue weighted by Gasteiger charge is 2.71. The van der Waals surface area contributed by atoms with Gasteiger partial charge in [0.25, 0.3) is 0 Å². The van der Waals surface area contributed by atoms with Gasteiger partial charge in [-0.1, -0.05) is 53.2 Å². The maximum Gasteiger partial charge on any atom is 0.312 e. The fourth-order valence-electron chi connectivity index (χ4n) is 11.4. The van der Waals surface area contributed by atoms with E-state index in [1.54, 1.807) is 7.11 Å². The van der Waals surface area contributed by atoms with Crippen molar-refractivity contribution >= 4 is 17.9 Å². The number of allylic oxidation sites excluding steroid dienone is 2. The Morgan fingerprint density at radius 2 is 1.54 bits per heavy atom. The van der Waals surface area contributed by atoms with E-state index in [0.29, 0.717) is 12.5 Å². The number of carbonyl (C=O) groups is 3. The minimum atomic E-state index is -0.421. The summed E-state index contributed by atoms with van der Waals surface area (Å²) in [5.74, 6) is 0.341. The Morgan fingerprint density at radius 3 is 2.17 bits per heavy atom. The van der Waals surface area contributed by atoms with Crippen molar-refractivity contribution in [3.63, 3.8) is 0 Å². The van der Waals surface area contributed by atoms with Crippen molar-refractivity contribution in [1.29, 1.82) is 0 Å². The minimum Gasteiger partial charge on any atom is -0.469 e. The first-order chi connectivity index (χ1) is 19.0. The summed E-state index contributed by atoms with van der Waals surface area (Å²) in [5.41, 5.74) is 0.804. The monoisotopic (exact) mass is 570 g/mol. The Labute approximate surface area is 247 Å². The van der Waals surface area contributed by atoms with Crippen LogP contribution in [0.5, 0.6) is 0 Å². The van der Waals surface area contributed by atoms with Crippen LogP contribution in [0, 0.1) is 50.2 Å². The van der Waals surface area contributed by atoms with Gasteiger partial charge < -0.3 is 14.2 Å². The van der Waals surface area contributed by atoms with Crippen molar-refractivity contribution in [2.24, 2.45) is 50.2 Å². The first-order valence-electron chi connectivity index (χ1n) is 16.1. The molecular weight excluding hydrogens is 516 g/mol. The molecule has 5 aliphatic rings. The van der Waals surface area contributed by atoms with Gasteiger partial charge in [-0.05, 0) is 98.2 Å². The number of hydrogen-bond donors (Lipinski definition) is 0. The van der Waals surface area contributed by atoms with Gasteiger partial charge >= 0.3 is 17.9 Å². The molecule has 0 aromatic carbocycles. The Bertz CT molecular complexity index is 1140. The summed E-state index contributed by atoms with van der Waals surface area (Å²) < 4.78 is 17.4. The minimum absolute atomic E-state index is 0.00194. The van der Waals surface area contributed by atoms with Gasteiger partial charge in [-0.3, -0.25) is 14.4 Å². The van der Waals surface area contributed by atoms with Crippen LogP contribution in [-0.4, -0.2) is 37.7 Å². The summed E-state index contributed by atoms with van der Waals surface area (Å²) >= 11 is 0. The zero-order chi connectivity index (χ0) is 30.2. The third kappa shape index (κ3) is 4.34. The van der Waals surface area contributed by atoms with E-state index in [9.17, 15) is 14.4 Å². The molecule has 6 nitrogen and oxygen atoms in total. The summed E-state index contributed by atoms with van der Waals surface area (Å²) in [4.78, 5) is 37.8. The molecule has 0 spiro atoms. The second kappa shape index (κ2) is 9.84. The molecule has 5 rings (SSSR count). The van der Waals surface area contributed by atoms with Gasteiger partial charge in [0.2, 0.25) is 0 Å². The lowest BCUT2D eigenvalue weighted by atomic mass is 9.33. The molecule has 6 heteroatoms. The Kier molecular flexibility index (Phi) is 7.34. The van der Waals surface area contributed by atoms with Gasteiger partial charge in [0.05, 0.1) is 19.1 Å². The number of hydrogen-bond acceptors (Lipinski definition) is 6. The van der Waals surface area contributed by atoms with E-state index in [1.165, 1.54) is 19.4 Å². The maximum atomic E-state index is 13.5. The van der Waals surface area contributed by atoms with Crippen molar-refractivity contribution in [3.8, 4) is 0 Å². The van der Waals surface area contributed by atoms with E-state index in [1.807, 2.05) is 0 Å². The lowest BCUT2D eigenvalue weighted by Crippen LogP contribution is -2.67. The summed E-state index contributed by atoms with van der Waals surface area (Å²) in [6.45, 7) is 17.7. The summed E-state index contributed by atoms with van der Waals surface area (Å²) in [5, 5.41) is 0. The lowest BCUT2D eigenvalue weighted by molar-refractivity contribution is -0.231. The molecule has 0 bridgehead atoms. The quantitative estimate of drug-likeness (QED) is 0.199. The van der Waals surface area contributed by atoms with Gasteiger partial charge in [-0.25, -0.2) is 0 Å². The number of fused-ring (bicyclic) bond motifs is 7. The fraction of sp³-hybridized carbons (Fsp3) is 0.857. The number of esters is 3.